The predicted molar refractivity (Wildman–Crippen MR) is 67.5 cm³/mol. The summed E-state index contributed by atoms with van der Waals surface area (Å²) in [7, 11) is 0. The third kappa shape index (κ3) is 3.66. The van der Waals surface area contributed by atoms with E-state index in [1.54, 1.807) is 12.3 Å². The second-order valence-electron chi connectivity index (χ2n) is 4.13. The number of aromatic carboxylic acids is 1. The Balaban J connectivity index is 1.83. The van der Waals surface area contributed by atoms with Crippen LogP contribution in [0.4, 0.5) is 4.39 Å². The molecule has 0 bridgehead atoms. The van der Waals surface area contributed by atoms with Crippen LogP contribution in [0, 0.1) is 5.82 Å². The average molecular weight is 263 g/mol. The van der Waals surface area contributed by atoms with E-state index in [-0.39, 0.29) is 5.56 Å². The van der Waals surface area contributed by atoms with Crippen molar-refractivity contribution in [3.05, 3.63) is 59.3 Å². The number of carboxylic acids is 1. The lowest BCUT2D eigenvalue weighted by Gasteiger charge is -2.05. The van der Waals surface area contributed by atoms with Gasteiger partial charge in [-0.05, 0) is 29.8 Å². The number of benzene rings is 1. The average Bonchev–Trinajstić information content (AvgIpc) is 2.87. The van der Waals surface area contributed by atoms with Crippen LogP contribution in [0.15, 0.2) is 41.0 Å². The number of halogens is 1. The van der Waals surface area contributed by atoms with Gasteiger partial charge in [0, 0.05) is 19.5 Å². The summed E-state index contributed by atoms with van der Waals surface area (Å²) in [5.74, 6) is -1.08. The summed E-state index contributed by atoms with van der Waals surface area (Å²) in [4.78, 5) is 10.7. The van der Waals surface area contributed by atoms with Gasteiger partial charge >= 0.3 is 5.97 Å². The largest absolute Gasteiger partial charge is 0.478 e. The molecule has 5 heteroatoms. The molecule has 0 fully saturated rings. The second kappa shape index (κ2) is 6.15. The molecule has 0 amide bonds. The van der Waals surface area contributed by atoms with Gasteiger partial charge in [-0.25, -0.2) is 9.18 Å². The van der Waals surface area contributed by atoms with Gasteiger partial charge in [0.15, 0.2) is 0 Å². The van der Waals surface area contributed by atoms with Crippen molar-refractivity contribution in [2.75, 3.05) is 6.54 Å². The fourth-order valence-electron chi connectivity index (χ4n) is 1.74. The fourth-order valence-corrected chi connectivity index (χ4v) is 1.74. The van der Waals surface area contributed by atoms with Gasteiger partial charge in [-0.15, -0.1) is 0 Å². The first-order valence-corrected chi connectivity index (χ1v) is 5.91. The molecular formula is C14H14FNO3. The van der Waals surface area contributed by atoms with E-state index < -0.39 is 11.8 Å². The minimum absolute atomic E-state index is 0.306. The van der Waals surface area contributed by atoms with E-state index in [4.69, 9.17) is 9.52 Å². The highest BCUT2D eigenvalue weighted by molar-refractivity contribution is 5.87. The molecule has 2 rings (SSSR count). The second-order valence-corrected chi connectivity index (χ2v) is 4.13. The van der Waals surface area contributed by atoms with Crippen molar-refractivity contribution >= 4 is 5.97 Å². The molecule has 0 saturated heterocycles. The number of nitrogens with one attached hydrogen (secondary N) is 1. The van der Waals surface area contributed by atoms with Gasteiger partial charge < -0.3 is 14.8 Å². The van der Waals surface area contributed by atoms with Gasteiger partial charge in [0.1, 0.15) is 11.6 Å². The van der Waals surface area contributed by atoms with Gasteiger partial charge in [-0.2, -0.15) is 0 Å². The van der Waals surface area contributed by atoms with Crippen molar-refractivity contribution in [2.45, 2.75) is 13.0 Å². The Kier molecular flexibility index (Phi) is 4.30. The first-order chi connectivity index (χ1) is 9.16. The van der Waals surface area contributed by atoms with Crippen LogP contribution in [-0.4, -0.2) is 17.6 Å². The molecule has 1 heterocycles. The van der Waals surface area contributed by atoms with Gasteiger partial charge in [0.2, 0.25) is 0 Å². The number of rotatable bonds is 6. The molecule has 0 aliphatic rings. The lowest BCUT2D eigenvalue weighted by Crippen LogP contribution is -2.16. The third-order valence-corrected chi connectivity index (χ3v) is 2.72. The SMILES string of the molecule is O=C(O)c1ccc(CNCCc2ccco2)cc1F. The molecule has 0 saturated carbocycles. The molecule has 0 aliphatic heterocycles. The van der Waals surface area contributed by atoms with Gasteiger partial charge in [-0.1, -0.05) is 6.07 Å². The van der Waals surface area contributed by atoms with E-state index in [9.17, 15) is 9.18 Å². The Hall–Kier alpha value is -2.14. The lowest BCUT2D eigenvalue weighted by atomic mass is 10.1. The van der Waals surface area contributed by atoms with Crippen molar-refractivity contribution in [2.24, 2.45) is 0 Å². The summed E-state index contributed by atoms with van der Waals surface area (Å²) in [6, 6.07) is 7.84. The fraction of sp³-hybridized carbons (Fsp3) is 0.214. The van der Waals surface area contributed by atoms with Crippen molar-refractivity contribution in [3.8, 4) is 0 Å². The molecule has 1 aromatic carbocycles. The number of hydrogen-bond acceptors (Lipinski definition) is 3. The Morgan fingerprint density at radius 2 is 2.21 bits per heavy atom. The molecule has 0 aliphatic carbocycles. The summed E-state index contributed by atoms with van der Waals surface area (Å²) in [6.45, 7) is 1.19. The number of carbonyl (C=O) groups is 1. The zero-order valence-corrected chi connectivity index (χ0v) is 10.2. The molecule has 2 aromatic rings. The maximum atomic E-state index is 13.4. The van der Waals surface area contributed by atoms with Crippen molar-refractivity contribution in [3.63, 3.8) is 0 Å². The minimum atomic E-state index is -1.25. The molecule has 0 spiro atoms. The number of carboxylic acid groups (broad SMARTS) is 1. The van der Waals surface area contributed by atoms with Gasteiger partial charge in [0.05, 0.1) is 11.8 Å². The Morgan fingerprint density at radius 1 is 1.37 bits per heavy atom. The summed E-state index contributed by atoms with van der Waals surface area (Å²) in [5.41, 5.74) is 0.404. The van der Waals surface area contributed by atoms with Gasteiger partial charge in [0.25, 0.3) is 0 Å². The van der Waals surface area contributed by atoms with Crippen LogP contribution in [0.3, 0.4) is 0 Å². The maximum absolute atomic E-state index is 13.4. The Labute approximate surface area is 109 Å². The molecule has 2 N–H and O–H groups in total. The highest BCUT2D eigenvalue weighted by atomic mass is 19.1. The predicted octanol–water partition coefficient (Wildman–Crippen LogP) is 2.45. The monoisotopic (exact) mass is 263 g/mol. The smallest absolute Gasteiger partial charge is 0.338 e. The summed E-state index contributed by atoms with van der Waals surface area (Å²) < 4.78 is 18.6. The van der Waals surface area contributed by atoms with E-state index in [1.165, 1.54) is 12.1 Å². The molecule has 100 valence electrons. The Morgan fingerprint density at radius 3 is 2.84 bits per heavy atom. The molecule has 0 unspecified atom stereocenters. The molecule has 19 heavy (non-hydrogen) atoms. The number of furan rings is 1. The van der Waals surface area contributed by atoms with Crippen LogP contribution >= 0.6 is 0 Å². The number of hydrogen-bond donors (Lipinski definition) is 2. The summed E-state index contributed by atoms with van der Waals surface area (Å²) in [5, 5.41) is 11.9. The van der Waals surface area contributed by atoms with E-state index in [0.717, 1.165) is 12.2 Å². The molecule has 0 atom stereocenters. The molecule has 0 radical (unpaired) electrons. The topological polar surface area (TPSA) is 62.5 Å². The standard InChI is InChI=1S/C14H14FNO3/c15-13-8-10(3-4-12(13)14(17)18)9-16-6-5-11-2-1-7-19-11/h1-4,7-8,16H,5-6,9H2,(H,17,18). The zero-order chi connectivity index (χ0) is 13.7. The normalized spacial score (nSPS) is 10.6. The highest BCUT2D eigenvalue weighted by Gasteiger charge is 2.09. The van der Waals surface area contributed by atoms with Crippen molar-refractivity contribution in [1.29, 1.82) is 0 Å². The van der Waals surface area contributed by atoms with E-state index in [0.29, 0.717) is 18.7 Å². The van der Waals surface area contributed by atoms with Crippen LogP contribution in [-0.2, 0) is 13.0 Å². The van der Waals surface area contributed by atoms with Crippen LogP contribution in [0.1, 0.15) is 21.7 Å². The van der Waals surface area contributed by atoms with E-state index in [2.05, 4.69) is 5.32 Å². The summed E-state index contributed by atoms with van der Waals surface area (Å²) in [6.07, 6.45) is 2.37. The molecule has 4 nitrogen and oxygen atoms in total. The van der Waals surface area contributed by atoms with Crippen LogP contribution in [0.5, 0.6) is 0 Å². The molecular weight excluding hydrogens is 249 g/mol. The van der Waals surface area contributed by atoms with E-state index in [1.807, 2.05) is 12.1 Å². The van der Waals surface area contributed by atoms with Crippen molar-refractivity contribution in [1.82, 2.24) is 5.32 Å². The first-order valence-electron chi connectivity index (χ1n) is 5.91. The molecule has 1 aromatic heterocycles. The van der Waals surface area contributed by atoms with Crippen LogP contribution < -0.4 is 5.32 Å². The summed E-state index contributed by atoms with van der Waals surface area (Å²) >= 11 is 0. The Bertz CT molecular complexity index is 552. The lowest BCUT2D eigenvalue weighted by molar-refractivity contribution is 0.0692. The third-order valence-electron chi connectivity index (χ3n) is 2.72. The maximum Gasteiger partial charge on any atom is 0.338 e. The van der Waals surface area contributed by atoms with Crippen molar-refractivity contribution < 1.29 is 18.7 Å². The van der Waals surface area contributed by atoms with E-state index >= 15 is 0 Å². The zero-order valence-electron chi connectivity index (χ0n) is 10.2. The van der Waals surface area contributed by atoms with Crippen LogP contribution in [0.25, 0.3) is 0 Å². The highest BCUT2D eigenvalue weighted by Crippen LogP contribution is 2.10. The van der Waals surface area contributed by atoms with Crippen LogP contribution in [0.2, 0.25) is 0 Å². The van der Waals surface area contributed by atoms with Gasteiger partial charge in [-0.3, -0.25) is 0 Å². The first kappa shape index (κ1) is 13.3. The quantitative estimate of drug-likeness (QED) is 0.786. The minimum Gasteiger partial charge on any atom is -0.478 e.